The van der Waals surface area contributed by atoms with E-state index in [1.54, 1.807) is 0 Å². The number of alkyl halides is 1. The van der Waals surface area contributed by atoms with Gasteiger partial charge in [-0.3, -0.25) is 4.39 Å². The van der Waals surface area contributed by atoms with Crippen molar-refractivity contribution in [1.29, 1.82) is 0 Å². The van der Waals surface area contributed by atoms with Crippen LogP contribution in [0.5, 0.6) is 0 Å². The van der Waals surface area contributed by atoms with Crippen LogP contribution in [-0.4, -0.2) is 25.4 Å². The number of aliphatic hydroxyl groups excluding tert-OH is 1. The van der Waals surface area contributed by atoms with Crippen LogP contribution in [0.3, 0.4) is 0 Å². The molecule has 2 nitrogen and oxygen atoms in total. The molecule has 0 aliphatic carbocycles. The van der Waals surface area contributed by atoms with E-state index >= 15 is 0 Å². The van der Waals surface area contributed by atoms with E-state index in [0.717, 1.165) is 24.8 Å². The van der Waals surface area contributed by atoms with Crippen molar-refractivity contribution < 1.29 is 9.50 Å². The maximum atomic E-state index is 9.50. The third-order valence-corrected chi connectivity index (χ3v) is 2.12. The van der Waals surface area contributed by atoms with Crippen molar-refractivity contribution >= 4 is 12.6 Å². The van der Waals surface area contributed by atoms with Crippen LogP contribution in [0.4, 0.5) is 4.39 Å². The van der Waals surface area contributed by atoms with Crippen molar-refractivity contribution in [3.63, 3.8) is 0 Å². The van der Waals surface area contributed by atoms with Gasteiger partial charge in [-0.25, -0.2) is 0 Å². The number of aliphatic hydroxyl groups is 1. The number of nitrogens with two attached hydrogens (primary N) is 1. The first-order valence-corrected chi connectivity index (χ1v) is 5.49. The van der Waals surface area contributed by atoms with E-state index in [1.807, 2.05) is 19.1 Å². The minimum atomic E-state index is 0.292. The Bertz CT molecular complexity index is 239. The van der Waals surface area contributed by atoms with E-state index in [2.05, 4.69) is 24.8 Å². The zero-order chi connectivity index (χ0) is 13.0. The highest BCUT2D eigenvalue weighted by molar-refractivity contribution is 7.80. The largest absolute Gasteiger partial charge is 0.400 e. The minimum Gasteiger partial charge on any atom is -0.400 e. The van der Waals surface area contributed by atoms with E-state index in [9.17, 15) is 4.39 Å². The molecule has 1 aromatic rings. The molecule has 0 amide bonds. The number of hydrogen-bond donors (Lipinski definition) is 3. The Morgan fingerprint density at radius 3 is 2.06 bits per heavy atom. The van der Waals surface area contributed by atoms with Gasteiger partial charge in [0.15, 0.2) is 0 Å². The Morgan fingerprint density at radius 1 is 1.25 bits per heavy atom. The summed E-state index contributed by atoms with van der Waals surface area (Å²) >= 11 is 4.22. The summed E-state index contributed by atoms with van der Waals surface area (Å²) in [6.07, 6.45) is 2.11. The highest BCUT2D eigenvalue weighted by Gasteiger charge is 1.96. The van der Waals surface area contributed by atoms with Gasteiger partial charge in [0.05, 0.1) is 7.18 Å². The minimum absolute atomic E-state index is 0.292. The molecule has 94 valence electrons. The van der Waals surface area contributed by atoms with Gasteiger partial charge in [0.25, 0.3) is 0 Å². The normalized spacial score (nSPS) is 10.4. The summed E-state index contributed by atoms with van der Waals surface area (Å²) in [5.74, 6) is 0. The van der Waals surface area contributed by atoms with E-state index in [4.69, 9.17) is 10.8 Å². The van der Waals surface area contributed by atoms with Crippen LogP contribution in [0.1, 0.15) is 18.9 Å². The highest BCUT2D eigenvalue weighted by Crippen LogP contribution is 2.09. The Hall–Kier alpha value is -0.580. The zero-order valence-corrected chi connectivity index (χ0v) is 11.0. The Kier molecular flexibility index (Phi) is 13.9. The summed E-state index contributed by atoms with van der Waals surface area (Å²) in [5.41, 5.74) is 6.99. The first-order chi connectivity index (χ1) is 7.68. The predicted molar refractivity (Wildman–Crippen MR) is 70.8 cm³/mol. The molecule has 4 heteroatoms. The Labute approximate surface area is 103 Å². The van der Waals surface area contributed by atoms with Gasteiger partial charge in [0, 0.05) is 18.0 Å². The molecule has 0 aliphatic heterocycles. The molecule has 0 fully saturated rings. The summed E-state index contributed by atoms with van der Waals surface area (Å²) in [4.78, 5) is 1.01. The first-order valence-electron chi connectivity index (χ1n) is 5.04. The molecular weight excluding hydrogens is 225 g/mol. The van der Waals surface area contributed by atoms with Gasteiger partial charge >= 0.3 is 0 Å². The van der Waals surface area contributed by atoms with Crippen LogP contribution in [0, 0.1) is 0 Å². The van der Waals surface area contributed by atoms with Gasteiger partial charge < -0.3 is 10.8 Å². The van der Waals surface area contributed by atoms with E-state index < -0.39 is 0 Å². The molecule has 0 saturated carbocycles. The van der Waals surface area contributed by atoms with Crippen LogP contribution >= 0.6 is 12.6 Å². The smallest absolute Gasteiger partial charge is 0.0785 e. The summed E-state index contributed by atoms with van der Waals surface area (Å²) in [5, 5.41) is 7.00. The fourth-order valence-corrected chi connectivity index (χ4v) is 1.21. The lowest BCUT2D eigenvalue weighted by molar-refractivity contribution is 0.399. The molecule has 0 saturated heterocycles. The lowest BCUT2D eigenvalue weighted by atomic mass is 10.1. The average Bonchev–Trinajstić information content (AvgIpc) is 2.33. The van der Waals surface area contributed by atoms with Crippen LogP contribution in [0.25, 0.3) is 0 Å². The second-order valence-electron chi connectivity index (χ2n) is 3.18. The van der Waals surface area contributed by atoms with Gasteiger partial charge in [0.2, 0.25) is 0 Å². The average molecular weight is 247 g/mol. The van der Waals surface area contributed by atoms with E-state index in [0.29, 0.717) is 13.2 Å². The number of aryl methyl sites for hydroxylation is 1. The van der Waals surface area contributed by atoms with E-state index in [-0.39, 0.29) is 0 Å². The van der Waals surface area contributed by atoms with Crippen LogP contribution in [0.15, 0.2) is 29.2 Å². The van der Waals surface area contributed by atoms with Crippen LogP contribution in [-0.2, 0) is 6.42 Å². The Morgan fingerprint density at radius 2 is 1.69 bits per heavy atom. The summed E-state index contributed by atoms with van der Waals surface area (Å²) in [6, 6.07) is 8.52. The monoisotopic (exact) mass is 247 g/mol. The van der Waals surface area contributed by atoms with Crippen molar-refractivity contribution in [3.8, 4) is 0 Å². The Balaban J connectivity index is 0. The maximum absolute atomic E-state index is 9.50. The molecule has 1 unspecified atom stereocenters. The third-order valence-electron chi connectivity index (χ3n) is 1.82. The zero-order valence-electron chi connectivity index (χ0n) is 10.2. The molecule has 0 aliphatic rings. The third kappa shape index (κ3) is 9.96. The fourth-order valence-electron chi connectivity index (χ4n) is 1.06. The van der Waals surface area contributed by atoms with Gasteiger partial charge in [0.1, 0.15) is 0 Å². The van der Waals surface area contributed by atoms with Gasteiger partial charge in [-0.05, 0) is 37.5 Å². The van der Waals surface area contributed by atoms with Crippen molar-refractivity contribution in [1.82, 2.24) is 0 Å². The quantitative estimate of drug-likeness (QED) is 0.718. The number of benzene rings is 1. The highest BCUT2D eigenvalue weighted by atomic mass is 32.1. The molecule has 0 aromatic heterocycles. The molecule has 0 spiro atoms. The molecule has 0 heterocycles. The number of thiol groups is 1. The summed E-state index contributed by atoms with van der Waals surface area (Å²) in [7, 11) is 1.50. The lowest BCUT2D eigenvalue weighted by Gasteiger charge is -2.04. The van der Waals surface area contributed by atoms with E-state index in [1.165, 1.54) is 5.56 Å². The molecule has 16 heavy (non-hydrogen) atoms. The van der Waals surface area contributed by atoms with Gasteiger partial charge in [-0.1, -0.05) is 12.1 Å². The van der Waals surface area contributed by atoms with Crippen molar-refractivity contribution in [2.45, 2.75) is 30.7 Å². The number of halogens is 1. The second-order valence-corrected chi connectivity index (χ2v) is 3.70. The molecule has 1 atom stereocenters. The van der Waals surface area contributed by atoms with Crippen molar-refractivity contribution in [3.05, 3.63) is 29.8 Å². The summed E-state index contributed by atoms with van der Waals surface area (Å²) < 4.78 is 9.50. The van der Waals surface area contributed by atoms with Crippen molar-refractivity contribution in [2.24, 2.45) is 5.73 Å². The predicted octanol–water partition coefficient (Wildman–Crippen LogP) is 2.45. The molecule has 0 radical (unpaired) electrons. The lowest BCUT2D eigenvalue weighted by Crippen LogP contribution is -2.15. The molecule has 1 rings (SSSR count). The maximum Gasteiger partial charge on any atom is 0.0785 e. The standard InChI is InChI=1S/C10H15NS.CH3F.CH4O/c1-8(11)2-3-9-4-6-10(12)7-5-9;2*1-2/h4-8,12H,2-3,11H2,1H3;1H3;2H,1H3. The van der Waals surface area contributed by atoms with Crippen LogP contribution < -0.4 is 5.73 Å². The number of hydrogen-bond acceptors (Lipinski definition) is 3. The topological polar surface area (TPSA) is 46.2 Å². The molecule has 1 aromatic carbocycles. The molecule has 0 bridgehead atoms. The molecular formula is C12H22FNOS. The SMILES string of the molecule is CC(N)CCc1ccc(S)cc1.CF.CO. The van der Waals surface area contributed by atoms with Crippen molar-refractivity contribution in [2.75, 3.05) is 14.3 Å². The van der Waals surface area contributed by atoms with Gasteiger partial charge in [-0.2, -0.15) is 0 Å². The summed E-state index contributed by atoms with van der Waals surface area (Å²) in [6.45, 7) is 2.03. The fraction of sp³-hybridized carbons (Fsp3) is 0.500. The van der Waals surface area contributed by atoms with Gasteiger partial charge in [-0.15, -0.1) is 12.6 Å². The first kappa shape index (κ1) is 17.8. The second kappa shape index (κ2) is 12.5. The van der Waals surface area contributed by atoms with Crippen LogP contribution in [0.2, 0.25) is 0 Å². The molecule has 3 N–H and O–H groups in total. The number of rotatable bonds is 3.